The van der Waals surface area contributed by atoms with Crippen LogP contribution in [0.1, 0.15) is 92.4 Å². The van der Waals surface area contributed by atoms with E-state index >= 15 is 0 Å². The van der Waals surface area contributed by atoms with Gasteiger partial charge in [-0.15, -0.1) is 0 Å². The molecule has 0 aliphatic heterocycles. The Bertz CT molecular complexity index is 219. The Balaban J connectivity index is 4.33. The van der Waals surface area contributed by atoms with Crippen molar-refractivity contribution in [2.24, 2.45) is 0 Å². The van der Waals surface area contributed by atoms with Crippen LogP contribution in [0.5, 0.6) is 0 Å². The second-order valence-corrected chi connectivity index (χ2v) is 8.81. The summed E-state index contributed by atoms with van der Waals surface area (Å²) in [6.45, 7) is 12.7. The zero-order valence-electron chi connectivity index (χ0n) is 15.8. The van der Waals surface area contributed by atoms with Gasteiger partial charge in [0.25, 0.3) is 0 Å². The molecule has 0 spiro atoms. The molecule has 0 bridgehead atoms. The van der Waals surface area contributed by atoms with Crippen LogP contribution in [-0.4, -0.2) is 28.6 Å². The first-order valence-electron chi connectivity index (χ1n) is 9.62. The fourth-order valence-corrected chi connectivity index (χ4v) is 6.28. The Hall–Kier alpha value is 0.0969. The second-order valence-electron chi connectivity index (χ2n) is 5.92. The molecule has 4 heteroatoms. The molecular formula is C18H40O3Si. The van der Waals surface area contributed by atoms with Crippen LogP contribution < -0.4 is 0 Å². The van der Waals surface area contributed by atoms with Crippen LogP contribution in [0, 0.1) is 0 Å². The predicted octanol–water partition coefficient (Wildman–Crippen LogP) is 5.96. The van der Waals surface area contributed by atoms with Gasteiger partial charge in [0.15, 0.2) is 0 Å². The zero-order valence-corrected chi connectivity index (χ0v) is 16.8. The van der Waals surface area contributed by atoms with E-state index in [0.29, 0.717) is 25.4 Å². The van der Waals surface area contributed by atoms with Gasteiger partial charge in [-0.25, -0.2) is 0 Å². The lowest BCUT2D eigenvalue weighted by Gasteiger charge is -2.35. The average molecular weight is 333 g/mol. The number of unbranched alkanes of at least 4 members (excludes halogenated alkanes) is 6. The van der Waals surface area contributed by atoms with Gasteiger partial charge in [0, 0.05) is 25.4 Å². The molecule has 0 aromatic heterocycles. The minimum absolute atomic E-state index is 0.447. The SMILES string of the molecule is CCCCCCCCCC(CC)[Si](OCC)(OCC)OCC. The van der Waals surface area contributed by atoms with Crippen molar-refractivity contribution in [1.82, 2.24) is 0 Å². The molecule has 0 amide bonds. The summed E-state index contributed by atoms with van der Waals surface area (Å²) in [6.07, 6.45) is 11.7. The lowest BCUT2D eigenvalue weighted by molar-refractivity contribution is 0.0588. The molecule has 3 nitrogen and oxygen atoms in total. The van der Waals surface area contributed by atoms with Crippen LogP contribution >= 0.6 is 0 Å². The minimum Gasteiger partial charge on any atom is -0.374 e. The third kappa shape index (κ3) is 8.66. The number of hydrogen-bond donors (Lipinski definition) is 0. The van der Waals surface area contributed by atoms with Gasteiger partial charge < -0.3 is 13.3 Å². The Labute approximate surface area is 140 Å². The smallest absolute Gasteiger partial charge is 0.374 e. The standard InChI is InChI=1S/C18H40O3Si/c1-6-11-12-13-14-15-16-17-18(7-2)22(19-8-3,20-9-4)21-10-5/h18H,6-17H2,1-5H3. The van der Waals surface area contributed by atoms with E-state index in [1.54, 1.807) is 0 Å². The summed E-state index contributed by atoms with van der Waals surface area (Å²) in [5, 5.41) is 0. The minimum atomic E-state index is -2.51. The quantitative estimate of drug-likeness (QED) is 0.258. The fourth-order valence-electron chi connectivity index (χ4n) is 3.06. The molecule has 1 atom stereocenters. The summed E-state index contributed by atoms with van der Waals surface area (Å²) in [5.74, 6) is 0. The van der Waals surface area contributed by atoms with Crippen molar-refractivity contribution in [3.05, 3.63) is 0 Å². The third-order valence-corrected chi connectivity index (χ3v) is 7.96. The molecule has 1 unspecified atom stereocenters. The molecule has 0 saturated heterocycles. The second kappa shape index (κ2) is 14.7. The van der Waals surface area contributed by atoms with Gasteiger partial charge in [-0.1, -0.05) is 58.8 Å². The van der Waals surface area contributed by atoms with Gasteiger partial charge in [0.05, 0.1) is 0 Å². The maximum atomic E-state index is 6.07. The summed E-state index contributed by atoms with van der Waals surface area (Å²) in [5.41, 5.74) is 0.447. The van der Waals surface area contributed by atoms with E-state index in [1.165, 1.54) is 51.4 Å². The Morgan fingerprint density at radius 2 is 1.09 bits per heavy atom. The van der Waals surface area contributed by atoms with Crippen molar-refractivity contribution in [2.75, 3.05) is 19.8 Å². The first-order valence-corrected chi connectivity index (χ1v) is 11.4. The van der Waals surface area contributed by atoms with Gasteiger partial charge in [0.1, 0.15) is 0 Å². The Morgan fingerprint density at radius 3 is 1.50 bits per heavy atom. The van der Waals surface area contributed by atoms with Crippen LogP contribution in [0.3, 0.4) is 0 Å². The van der Waals surface area contributed by atoms with Crippen molar-refractivity contribution < 1.29 is 13.3 Å². The first-order chi connectivity index (χ1) is 10.7. The summed E-state index contributed by atoms with van der Waals surface area (Å²) in [6, 6.07) is 0. The molecule has 0 rings (SSSR count). The normalized spacial score (nSPS) is 13.5. The predicted molar refractivity (Wildman–Crippen MR) is 97.3 cm³/mol. The van der Waals surface area contributed by atoms with Crippen LogP contribution in [0.15, 0.2) is 0 Å². The topological polar surface area (TPSA) is 27.7 Å². The lowest BCUT2D eigenvalue weighted by atomic mass is 10.1. The van der Waals surface area contributed by atoms with Crippen LogP contribution in [0.25, 0.3) is 0 Å². The van der Waals surface area contributed by atoms with E-state index in [2.05, 4.69) is 13.8 Å². The van der Waals surface area contributed by atoms with Gasteiger partial charge in [0.2, 0.25) is 0 Å². The molecule has 134 valence electrons. The van der Waals surface area contributed by atoms with Crippen molar-refractivity contribution >= 4 is 8.80 Å². The molecule has 0 radical (unpaired) electrons. The van der Waals surface area contributed by atoms with Crippen LogP contribution in [-0.2, 0) is 13.3 Å². The number of rotatable bonds is 16. The van der Waals surface area contributed by atoms with Gasteiger partial charge >= 0.3 is 8.80 Å². The van der Waals surface area contributed by atoms with Crippen LogP contribution in [0.2, 0.25) is 5.54 Å². The van der Waals surface area contributed by atoms with Crippen molar-refractivity contribution in [3.8, 4) is 0 Å². The first kappa shape index (κ1) is 22.1. The summed E-state index contributed by atoms with van der Waals surface area (Å²) in [7, 11) is -2.51. The molecule has 0 heterocycles. The number of hydrogen-bond acceptors (Lipinski definition) is 3. The van der Waals surface area contributed by atoms with E-state index in [0.717, 1.165) is 6.42 Å². The molecule has 22 heavy (non-hydrogen) atoms. The van der Waals surface area contributed by atoms with E-state index < -0.39 is 8.80 Å². The highest BCUT2D eigenvalue weighted by Crippen LogP contribution is 2.34. The molecule has 0 aromatic carbocycles. The largest absolute Gasteiger partial charge is 0.504 e. The zero-order chi connectivity index (χ0) is 16.7. The summed E-state index contributed by atoms with van der Waals surface area (Å²) < 4.78 is 18.2. The molecule has 0 aliphatic carbocycles. The molecular weight excluding hydrogens is 292 g/mol. The lowest BCUT2D eigenvalue weighted by Crippen LogP contribution is -2.50. The summed E-state index contributed by atoms with van der Waals surface area (Å²) >= 11 is 0. The van der Waals surface area contributed by atoms with Crippen molar-refractivity contribution in [1.29, 1.82) is 0 Å². The molecule has 0 saturated carbocycles. The van der Waals surface area contributed by atoms with Gasteiger partial charge in [-0.2, -0.15) is 0 Å². The fraction of sp³-hybridized carbons (Fsp3) is 1.00. The molecule has 0 N–H and O–H groups in total. The van der Waals surface area contributed by atoms with Gasteiger partial charge in [-0.3, -0.25) is 0 Å². The average Bonchev–Trinajstić information content (AvgIpc) is 2.51. The Morgan fingerprint density at radius 1 is 0.636 bits per heavy atom. The molecule has 0 fully saturated rings. The van der Waals surface area contributed by atoms with E-state index in [1.807, 2.05) is 20.8 Å². The highest BCUT2D eigenvalue weighted by atomic mass is 28.4. The maximum Gasteiger partial charge on any atom is 0.504 e. The third-order valence-electron chi connectivity index (χ3n) is 4.19. The summed E-state index contributed by atoms with van der Waals surface area (Å²) in [4.78, 5) is 0. The van der Waals surface area contributed by atoms with E-state index in [4.69, 9.17) is 13.3 Å². The van der Waals surface area contributed by atoms with E-state index in [9.17, 15) is 0 Å². The monoisotopic (exact) mass is 332 g/mol. The molecule has 0 aromatic rings. The van der Waals surface area contributed by atoms with E-state index in [-0.39, 0.29) is 0 Å². The maximum absolute atomic E-state index is 6.07. The van der Waals surface area contributed by atoms with Crippen molar-refractivity contribution in [2.45, 2.75) is 97.9 Å². The molecule has 0 aliphatic rings. The Kier molecular flexibility index (Phi) is 14.7. The van der Waals surface area contributed by atoms with Gasteiger partial charge in [-0.05, 0) is 33.6 Å². The highest BCUT2D eigenvalue weighted by molar-refractivity contribution is 6.62. The van der Waals surface area contributed by atoms with Crippen molar-refractivity contribution in [3.63, 3.8) is 0 Å². The van der Waals surface area contributed by atoms with Crippen LogP contribution in [0.4, 0.5) is 0 Å². The highest BCUT2D eigenvalue weighted by Gasteiger charge is 2.47.